The predicted molar refractivity (Wildman–Crippen MR) is 78.0 cm³/mol. The first-order valence-corrected chi connectivity index (χ1v) is 6.82. The van der Waals surface area contributed by atoms with Crippen molar-refractivity contribution in [2.24, 2.45) is 0 Å². The molecular formula is C14H15ClFN3O2. The van der Waals surface area contributed by atoms with Gasteiger partial charge >= 0.3 is 0 Å². The van der Waals surface area contributed by atoms with Crippen LogP contribution in [-0.2, 0) is 11.3 Å². The predicted octanol–water partition coefficient (Wildman–Crippen LogP) is 3.10. The van der Waals surface area contributed by atoms with Crippen molar-refractivity contribution in [2.75, 3.05) is 5.32 Å². The Kier molecular flexibility index (Phi) is 4.80. The first-order chi connectivity index (χ1) is 9.99. The molecule has 5 nitrogen and oxygen atoms in total. The van der Waals surface area contributed by atoms with Crippen LogP contribution in [0.5, 0.6) is 5.75 Å². The highest BCUT2D eigenvalue weighted by atomic mass is 35.5. The van der Waals surface area contributed by atoms with Crippen molar-refractivity contribution in [2.45, 2.75) is 26.5 Å². The van der Waals surface area contributed by atoms with Crippen molar-refractivity contribution in [3.63, 3.8) is 0 Å². The van der Waals surface area contributed by atoms with E-state index in [-0.39, 0.29) is 16.7 Å². The molecule has 0 saturated carbocycles. The molecule has 112 valence electrons. The van der Waals surface area contributed by atoms with Crippen LogP contribution < -0.4 is 10.1 Å². The number of nitrogens with zero attached hydrogens (tertiary/aromatic N) is 2. The molecule has 7 heteroatoms. The van der Waals surface area contributed by atoms with Gasteiger partial charge in [-0.15, -0.1) is 0 Å². The summed E-state index contributed by atoms with van der Waals surface area (Å²) in [7, 11) is 0. The highest BCUT2D eigenvalue weighted by Gasteiger charge is 2.17. The van der Waals surface area contributed by atoms with E-state index >= 15 is 0 Å². The maximum atomic E-state index is 12.9. The molecule has 0 radical (unpaired) electrons. The van der Waals surface area contributed by atoms with Crippen molar-refractivity contribution < 1.29 is 13.9 Å². The van der Waals surface area contributed by atoms with E-state index in [0.717, 1.165) is 6.07 Å². The number of anilines is 1. The zero-order valence-electron chi connectivity index (χ0n) is 11.6. The van der Waals surface area contributed by atoms with E-state index in [1.54, 1.807) is 24.0 Å². The van der Waals surface area contributed by atoms with Crippen LogP contribution in [0.4, 0.5) is 10.1 Å². The molecule has 0 spiro atoms. The molecule has 0 unspecified atom stereocenters. The monoisotopic (exact) mass is 311 g/mol. The number of hydrogen-bond acceptors (Lipinski definition) is 3. The Morgan fingerprint density at radius 1 is 1.57 bits per heavy atom. The number of nitrogens with one attached hydrogen (secondary N) is 1. The summed E-state index contributed by atoms with van der Waals surface area (Å²) in [5, 5.41) is 6.86. The fraction of sp³-hybridized carbons (Fsp3) is 0.286. The summed E-state index contributed by atoms with van der Waals surface area (Å²) in [6.45, 7) is 4.24. The summed E-state index contributed by atoms with van der Waals surface area (Å²) >= 11 is 5.85. The molecule has 0 saturated heterocycles. The minimum atomic E-state index is -0.780. The summed E-state index contributed by atoms with van der Waals surface area (Å²) in [5.41, 5.74) is 0.586. The second-order valence-corrected chi connectivity index (χ2v) is 4.82. The van der Waals surface area contributed by atoms with Crippen molar-refractivity contribution in [3.05, 3.63) is 41.4 Å². The lowest BCUT2D eigenvalue weighted by Crippen LogP contribution is -2.30. The number of aryl methyl sites for hydroxylation is 1. The average Bonchev–Trinajstić information content (AvgIpc) is 2.89. The second-order valence-electron chi connectivity index (χ2n) is 4.41. The van der Waals surface area contributed by atoms with Gasteiger partial charge < -0.3 is 10.1 Å². The van der Waals surface area contributed by atoms with E-state index in [4.69, 9.17) is 16.3 Å². The summed E-state index contributed by atoms with van der Waals surface area (Å²) in [6, 6.07) is 3.74. The molecule has 1 amide bonds. The van der Waals surface area contributed by atoms with Crippen LogP contribution in [0.2, 0.25) is 5.02 Å². The van der Waals surface area contributed by atoms with Gasteiger partial charge in [-0.2, -0.15) is 5.10 Å². The van der Waals surface area contributed by atoms with Crippen LogP contribution in [0.3, 0.4) is 0 Å². The standard InChI is InChI=1S/C14H15ClFN3O2/c1-3-19-8-11(7-17-19)18-14(20)9(2)21-13-5-4-10(16)6-12(13)15/h4-9H,3H2,1-2H3,(H,18,20)/t9-/m0/s1. The Balaban J connectivity index is 1.98. The van der Waals surface area contributed by atoms with Crippen molar-refractivity contribution in [3.8, 4) is 5.75 Å². The van der Waals surface area contributed by atoms with Crippen LogP contribution >= 0.6 is 11.6 Å². The smallest absolute Gasteiger partial charge is 0.265 e. The van der Waals surface area contributed by atoms with Gasteiger partial charge in [0.15, 0.2) is 6.10 Å². The van der Waals surface area contributed by atoms with Crippen LogP contribution in [0, 0.1) is 5.82 Å². The van der Waals surface area contributed by atoms with Crippen LogP contribution in [0.15, 0.2) is 30.6 Å². The van der Waals surface area contributed by atoms with Gasteiger partial charge in [0, 0.05) is 12.7 Å². The number of amides is 1. The Hall–Kier alpha value is -2.08. The lowest BCUT2D eigenvalue weighted by atomic mass is 10.3. The molecule has 21 heavy (non-hydrogen) atoms. The molecule has 0 aliphatic rings. The van der Waals surface area contributed by atoms with Crippen LogP contribution in [0.25, 0.3) is 0 Å². The van der Waals surface area contributed by atoms with Crippen LogP contribution in [-0.4, -0.2) is 21.8 Å². The number of carbonyl (C=O) groups is 1. The summed E-state index contributed by atoms with van der Waals surface area (Å²) < 4.78 is 20.1. The van der Waals surface area contributed by atoms with E-state index in [9.17, 15) is 9.18 Å². The normalized spacial score (nSPS) is 12.0. The van der Waals surface area contributed by atoms with Gasteiger partial charge in [-0.3, -0.25) is 9.48 Å². The molecule has 2 aromatic rings. The zero-order chi connectivity index (χ0) is 15.4. The highest BCUT2D eigenvalue weighted by Crippen LogP contribution is 2.26. The largest absolute Gasteiger partial charge is 0.479 e. The fourth-order valence-electron chi connectivity index (χ4n) is 1.66. The fourth-order valence-corrected chi connectivity index (χ4v) is 1.87. The van der Waals surface area contributed by atoms with Gasteiger partial charge in [0.25, 0.3) is 5.91 Å². The Morgan fingerprint density at radius 2 is 2.33 bits per heavy atom. The molecule has 1 atom stereocenters. The van der Waals surface area contributed by atoms with Gasteiger partial charge in [0.05, 0.1) is 16.9 Å². The molecule has 1 N–H and O–H groups in total. The van der Waals surface area contributed by atoms with Gasteiger partial charge in [-0.1, -0.05) is 11.6 Å². The van der Waals surface area contributed by atoms with E-state index in [2.05, 4.69) is 10.4 Å². The number of benzene rings is 1. The zero-order valence-corrected chi connectivity index (χ0v) is 12.4. The number of hydrogen-bond donors (Lipinski definition) is 1. The lowest BCUT2D eigenvalue weighted by molar-refractivity contribution is -0.122. The SMILES string of the molecule is CCn1cc(NC(=O)[C@H](C)Oc2ccc(F)cc2Cl)cn1. The number of aromatic nitrogens is 2. The highest BCUT2D eigenvalue weighted by molar-refractivity contribution is 6.32. The molecule has 0 bridgehead atoms. The molecule has 2 rings (SSSR count). The Labute approximate surface area is 126 Å². The van der Waals surface area contributed by atoms with E-state index in [1.165, 1.54) is 12.1 Å². The van der Waals surface area contributed by atoms with Crippen molar-refractivity contribution in [1.82, 2.24) is 9.78 Å². The molecule has 1 heterocycles. The second kappa shape index (κ2) is 6.58. The maximum absolute atomic E-state index is 12.9. The number of carbonyl (C=O) groups excluding carboxylic acids is 1. The molecule has 0 aliphatic carbocycles. The first kappa shape index (κ1) is 15.3. The Bertz CT molecular complexity index is 645. The van der Waals surface area contributed by atoms with Gasteiger partial charge in [-0.05, 0) is 32.0 Å². The van der Waals surface area contributed by atoms with Crippen LogP contribution in [0.1, 0.15) is 13.8 Å². The number of halogens is 2. The topological polar surface area (TPSA) is 56.2 Å². The molecule has 0 fully saturated rings. The third kappa shape index (κ3) is 3.95. The molecule has 0 aliphatic heterocycles. The van der Waals surface area contributed by atoms with Crippen molar-refractivity contribution in [1.29, 1.82) is 0 Å². The van der Waals surface area contributed by atoms with Gasteiger partial charge in [0.1, 0.15) is 11.6 Å². The van der Waals surface area contributed by atoms with Gasteiger partial charge in [0.2, 0.25) is 0 Å². The number of ether oxygens (including phenoxy) is 1. The minimum absolute atomic E-state index is 0.119. The third-order valence-electron chi connectivity index (χ3n) is 2.79. The third-order valence-corrected chi connectivity index (χ3v) is 3.09. The molecule has 1 aromatic heterocycles. The van der Waals surface area contributed by atoms with E-state index in [1.807, 2.05) is 6.92 Å². The van der Waals surface area contributed by atoms with E-state index in [0.29, 0.717) is 12.2 Å². The van der Waals surface area contributed by atoms with E-state index < -0.39 is 11.9 Å². The first-order valence-electron chi connectivity index (χ1n) is 6.44. The molecular weight excluding hydrogens is 297 g/mol. The minimum Gasteiger partial charge on any atom is -0.479 e. The molecule has 1 aromatic carbocycles. The maximum Gasteiger partial charge on any atom is 0.265 e. The Morgan fingerprint density at radius 3 is 2.95 bits per heavy atom. The summed E-state index contributed by atoms with van der Waals surface area (Å²) in [4.78, 5) is 12.0. The summed E-state index contributed by atoms with van der Waals surface area (Å²) in [5.74, 6) is -0.549. The quantitative estimate of drug-likeness (QED) is 0.923. The number of rotatable bonds is 5. The van der Waals surface area contributed by atoms with Gasteiger partial charge in [-0.25, -0.2) is 4.39 Å². The lowest BCUT2D eigenvalue weighted by Gasteiger charge is -2.15. The summed E-state index contributed by atoms with van der Waals surface area (Å²) in [6.07, 6.45) is 2.49. The average molecular weight is 312 g/mol. The van der Waals surface area contributed by atoms with Crippen molar-refractivity contribution >= 4 is 23.2 Å².